The summed E-state index contributed by atoms with van der Waals surface area (Å²) in [5.41, 5.74) is 2.38. The molecule has 3 heterocycles. The predicted octanol–water partition coefficient (Wildman–Crippen LogP) is 5.76. The van der Waals surface area contributed by atoms with Crippen LogP contribution in [-0.2, 0) is 16.6 Å². The molecule has 0 aromatic carbocycles. The van der Waals surface area contributed by atoms with Crippen LogP contribution in [0, 0.1) is 0 Å². The summed E-state index contributed by atoms with van der Waals surface area (Å²) >= 11 is 0. The van der Waals surface area contributed by atoms with Gasteiger partial charge < -0.3 is 9.42 Å². The first kappa shape index (κ1) is 26.6. The van der Waals surface area contributed by atoms with Crippen LogP contribution in [0.3, 0.4) is 0 Å². The summed E-state index contributed by atoms with van der Waals surface area (Å²) in [7, 11) is 0. The van der Waals surface area contributed by atoms with E-state index in [0.717, 1.165) is 49.1 Å². The van der Waals surface area contributed by atoms with E-state index in [-0.39, 0.29) is 23.3 Å². The molecule has 8 nitrogen and oxygen atoms in total. The third kappa shape index (κ3) is 7.05. The Bertz CT molecular complexity index is 1210. The molecular formula is C28H35FN6O2. The van der Waals surface area contributed by atoms with Gasteiger partial charge in [0.25, 0.3) is 5.91 Å². The summed E-state index contributed by atoms with van der Waals surface area (Å²) in [6, 6.07) is 1.90. The Morgan fingerprint density at radius 1 is 1.11 bits per heavy atom. The van der Waals surface area contributed by atoms with Gasteiger partial charge in [0.1, 0.15) is 5.82 Å². The van der Waals surface area contributed by atoms with Gasteiger partial charge in [-0.1, -0.05) is 38.9 Å². The quantitative estimate of drug-likeness (QED) is 0.228. The lowest BCUT2D eigenvalue weighted by Crippen LogP contribution is -2.33. The fourth-order valence-corrected chi connectivity index (χ4v) is 3.92. The summed E-state index contributed by atoms with van der Waals surface area (Å²) in [6.07, 6.45) is 12.4. The number of nitrogens with zero attached hydrogens (tertiary/aromatic N) is 6. The Morgan fingerprint density at radius 3 is 2.51 bits per heavy atom. The van der Waals surface area contributed by atoms with Crippen molar-refractivity contribution in [2.24, 2.45) is 0 Å². The first-order valence-corrected chi connectivity index (χ1v) is 12.9. The lowest BCUT2D eigenvalue weighted by atomic mass is 9.96. The second kappa shape index (κ2) is 11.7. The number of rotatable bonds is 12. The molecule has 0 unspecified atom stereocenters. The highest BCUT2D eigenvalue weighted by atomic mass is 19.1. The van der Waals surface area contributed by atoms with E-state index in [9.17, 15) is 9.18 Å². The highest BCUT2D eigenvalue weighted by Crippen LogP contribution is 2.38. The van der Waals surface area contributed by atoms with Gasteiger partial charge in [-0.05, 0) is 31.7 Å². The standard InChI is InChI=1S/C28H35FN6O2/c1-19(11-12-29)26(36)35(13-7-5-6-8-24-33-27(34-37-24)28(2,3)4)23-14-21(15-30-18-23)22-16-31-25(32-17-22)20-9-10-20/h14-18,20H,1,5-13H2,2-4H3. The number of amides is 1. The number of carbonyl (C=O) groups is 1. The number of aryl methyl sites for hydroxylation is 1. The Balaban J connectivity index is 1.41. The number of pyridine rings is 1. The van der Waals surface area contributed by atoms with Crippen molar-refractivity contribution >= 4 is 11.6 Å². The number of hydrogen-bond acceptors (Lipinski definition) is 7. The van der Waals surface area contributed by atoms with E-state index in [1.54, 1.807) is 29.7 Å². The molecule has 1 aliphatic carbocycles. The largest absolute Gasteiger partial charge is 0.339 e. The third-order valence-corrected chi connectivity index (χ3v) is 6.34. The number of hydrogen-bond donors (Lipinski definition) is 0. The van der Waals surface area contributed by atoms with E-state index < -0.39 is 6.67 Å². The van der Waals surface area contributed by atoms with Crippen molar-refractivity contribution in [3.8, 4) is 11.1 Å². The molecule has 9 heteroatoms. The molecule has 4 rings (SSSR count). The Kier molecular flexibility index (Phi) is 8.41. The van der Waals surface area contributed by atoms with Gasteiger partial charge in [0, 0.05) is 66.0 Å². The summed E-state index contributed by atoms with van der Waals surface area (Å²) in [5, 5.41) is 4.07. The SMILES string of the molecule is C=C(CCF)C(=O)N(CCCCCc1nc(C(C)(C)C)no1)c1cncc(-c2cnc(C3CC3)nc2)c1. The zero-order chi connectivity index (χ0) is 26.4. The molecule has 0 N–H and O–H groups in total. The van der Waals surface area contributed by atoms with E-state index >= 15 is 0 Å². The van der Waals surface area contributed by atoms with Gasteiger partial charge in [-0.15, -0.1) is 0 Å². The van der Waals surface area contributed by atoms with E-state index in [2.05, 4.69) is 31.7 Å². The minimum absolute atomic E-state index is 0.00615. The molecule has 1 amide bonds. The fraction of sp³-hybridized carbons (Fsp3) is 0.500. The number of carbonyl (C=O) groups excluding carboxylic acids is 1. The van der Waals surface area contributed by atoms with Crippen LogP contribution in [0.15, 0.2) is 47.5 Å². The minimum atomic E-state index is -0.623. The predicted molar refractivity (Wildman–Crippen MR) is 140 cm³/mol. The molecule has 0 atom stereocenters. The van der Waals surface area contributed by atoms with Gasteiger partial charge in [0.2, 0.25) is 5.89 Å². The number of anilines is 1. The monoisotopic (exact) mass is 506 g/mol. The van der Waals surface area contributed by atoms with Crippen molar-refractivity contribution in [2.75, 3.05) is 18.1 Å². The molecule has 0 saturated heterocycles. The second-order valence-electron chi connectivity index (χ2n) is 10.6. The van der Waals surface area contributed by atoms with Crippen LogP contribution in [0.25, 0.3) is 11.1 Å². The van der Waals surface area contributed by atoms with Gasteiger partial charge >= 0.3 is 0 Å². The molecule has 0 bridgehead atoms. The average molecular weight is 507 g/mol. The van der Waals surface area contributed by atoms with Crippen LogP contribution in [0.4, 0.5) is 10.1 Å². The number of alkyl halides is 1. The Morgan fingerprint density at radius 2 is 1.86 bits per heavy atom. The molecule has 0 aliphatic heterocycles. The summed E-state index contributed by atoms with van der Waals surface area (Å²) in [5.74, 6) is 2.39. The van der Waals surface area contributed by atoms with Crippen LogP contribution in [0.2, 0.25) is 0 Å². The third-order valence-electron chi connectivity index (χ3n) is 6.34. The zero-order valence-electron chi connectivity index (χ0n) is 21.9. The van der Waals surface area contributed by atoms with E-state index in [0.29, 0.717) is 36.3 Å². The van der Waals surface area contributed by atoms with Crippen molar-refractivity contribution in [1.29, 1.82) is 0 Å². The second-order valence-corrected chi connectivity index (χ2v) is 10.6. The molecular weight excluding hydrogens is 471 g/mol. The molecule has 1 saturated carbocycles. The maximum Gasteiger partial charge on any atom is 0.253 e. The number of halogens is 1. The summed E-state index contributed by atoms with van der Waals surface area (Å²) in [6.45, 7) is 9.79. The van der Waals surface area contributed by atoms with E-state index in [1.165, 1.54) is 0 Å². The van der Waals surface area contributed by atoms with Gasteiger partial charge in [-0.3, -0.25) is 14.2 Å². The molecule has 1 aliphatic rings. The van der Waals surface area contributed by atoms with Crippen molar-refractivity contribution in [3.05, 3.63) is 60.5 Å². The molecule has 1 fully saturated rings. The molecule has 3 aromatic heterocycles. The van der Waals surface area contributed by atoms with E-state index in [1.807, 2.05) is 26.8 Å². The maximum absolute atomic E-state index is 13.2. The van der Waals surface area contributed by atoms with Crippen LogP contribution < -0.4 is 4.90 Å². The van der Waals surface area contributed by atoms with E-state index in [4.69, 9.17) is 4.52 Å². The highest BCUT2D eigenvalue weighted by molar-refractivity contribution is 6.05. The molecule has 0 radical (unpaired) electrons. The normalized spacial score (nSPS) is 13.5. The lowest BCUT2D eigenvalue weighted by molar-refractivity contribution is -0.115. The summed E-state index contributed by atoms with van der Waals surface area (Å²) in [4.78, 5) is 32.6. The van der Waals surface area contributed by atoms with Crippen LogP contribution in [0.1, 0.15) is 82.8 Å². The van der Waals surface area contributed by atoms with Gasteiger partial charge in [0.15, 0.2) is 5.82 Å². The molecule has 0 spiro atoms. The summed E-state index contributed by atoms with van der Waals surface area (Å²) < 4.78 is 18.3. The lowest BCUT2D eigenvalue weighted by Gasteiger charge is -2.24. The first-order valence-electron chi connectivity index (χ1n) is 12.9. The fourth-order valence-electron chi connectivity index (χ4n) is 3.92. The van der Waals surface area contributed by atoms with Gasteiger partial charge in [-0.2, -0.15) is 4.98 Å². The van der Waals surface area contributed by atoms with Crippen molar-refractivity contribution in [2.45, 2.75) is 77.0 Å². The highest BCUT2D eigenvalue weighted by Gasteiger charge is 2.26. The topological polar surface area (TPSA) is 97.9 Å². The Labute approximate surface area is 217 Å². The maximum atomic E-state index is 13.2. The minimum Gasteiger partial charge on any atom is -0.339 e. The van der Waals surface area contributed by atoms with Gasteiger partial charge in [-0.25, -0.2) is 9.97 Å². The van der Waals surface area contributed by atoms with Crippen LogP contribution in [0.5, 0.6) is 0 Å². The Hall–Kier alpha value is -3.49. The van der Waals surface area contributed by atoms with Crippen molar-refractivity contribution < 1.29 is 13.7 Å². The van der Waals surface area contributed by atoms with Crippen LogP contribution >= 0.6 is 0 Å². The smallest absolute Gasteiger partial charge is 0.253 e. The van der Waals surface area contributed by atoms with Gasteiger partial charge in [0.05, 0.1) is 18.6 Å². The van der Waals surface area contributed by atoms with Crippen LogP contribution in [-0.4, -0.2) is 44.2 Å². The number of unbranched alkanes of at least 4 members (excludes halogenated alkanes) is 2. The molecule has 3 aromatic rings. The van der Waals surface area contributed by atoms with Crippen molar-refractivity contribution in [1.82, 2.24) is 25.1 Å². The van der Waals surface area contributed by atoms with Crippen molar-refractivity contribution in [3.63, 3.8) is 0 Å². The number of aromatic nitrogens is 5. The molecule has 196 valence electrons. The molecule has 37 heavy (non-hydrogen) atoms. The average Bonchev–Trinajstić information content (AvgIpc) is 3.62. The zero-order valence-corrected chi connectivity index (χ0v) is 21.9. The first-order chi connectivity index (χ1) is 17.8.